The molecular weight excluding hydrogens is 242 g/mol. The number of aliphatic hydroxyl groups excluding tert-OH is 1. The van der Waals surface area contributed by atoms with Gasteiger partial charge in [0, 0.05) is 25.3 Å². The van der Waals surface area contributed by atoms with Crippen molar-refractivity contribution in [3.05, 3.63) is 0 Å². The zero-order chi connectivity index (χ0) is 13.6. The summed E-state index contributed by atoms with van der Waals surface area (Å²) in [6.45, 7) is 4.92. The highest BCUT2D eigenvalue weighted by Crippen LogP contribution is 2.21. The first-order valence-electron chi connectivity index (χ1n) is 7.80. The predicted molar refractivity (Wildman–Crippen MR) is 75.3 cm³/mol. The minimum absolute atomic E-state index is 0.115. The van der Waals surface area contributed by atoms with Crippen LogP contribution in [0.25, 0.3) is 0 Å². The molecule has 1 atom stereocenters. The summed E-state index contributed by atoms with van der Waals surface area (Å²) in [5.74, 6) is 0. The van der Waals surface area contributed by atoms with Crippen molar-refractivity contribution in [3.63, 3.8) is 0 Å². The van der Waals surface area contributed by atoms with Crippen molar-refractivity contribution in [2.24, 2.45) is 0 Å². The van der Waals surface area contributed by atoms with E-state index in [1.165, 1.54) is 19.3 Å². The minimum Gasteiger partial charge on any atom is -0.389 e. The number of ether oxygens (including phenoxy) is 2. The van der Waals surface area contributed by atoms with Gasteiger partial charge in [0.1, 0.15) is 0 Å². The van der Waals surface area contributed by atoms with E-state index in [0.717, 1.165) is 38.9 Å². The van der Waals surface area contributed by atoms with Crippen molar-refractivity contribution >= 4 is 0 Å². The molecule has 1 saturated carbocycles. The molecule has 1 unspecified atom stereocenters. The maximum absolute atomic E-state index is 10.0. The lowest BCUT2D eigenvalue weighted by Crippen LogP contribution is -2.50. The molecule has 1 heterocycles. The third-order valence-corrected chi connectivity index (χ3v) is 4.44. The molecule has 19 heavy (non-hydrogen) atoms. The third kappa shape index (κ3) is 5.38. The second-order valence-corrected chi connectivity index (χ2v) is 6.30. The molecule has 2 fully saturated rings. The molecule has 1 aliphatic carbocycles. The molecule has 2 aliphatic rings. The second kappa shape index (κ2) is 7.58. The minimum atomic E-state index is -0.401. The van der Waals surface area contributed by atoms with Gasteiger partial charge in [-0.15, -0.1) is 0 Å². The van der Waals surface area contributed by atoms with Crippen LogP contribution in [0.3, 0.4) is 0 Å². The van der Waals surface area contributed by atoms with Gasteiger partial charge in [-0.1, -0.05) is 19.3 Å². The lowest BCUT2D eigenvalue weighted by Gasteiger charge is -2.35. The summed E-state index contributed by atoms with van der Waals surface area (Å²) in [6, 6.07) is 0. The quantitative estimate of drug-likeness (QED) is 0.774. The molecule has 4 nitrogen and oxygen atoms in total. The summed E-state index contributed by atoms with van der Waals surface area (Å²) in [5.41, 5.74) is 0.115. The molecule has 4 heteroatoms. The Morgan fingerprint density at radius 2 is 1.95 bits per heavy atom. The van der Waals surface area contributed by atoms with Gasteiger partial charge in [0.05, 0.1) is 18.8 Å². The van der Waals surface area contributed by atoms with Gasteiger partial charge in [0.15, 0.2) is 0 Å². The fourth-order valence-corrected chi connectivity index (χ4v) is 2.90. The summed E-state index contributed by atoms with van der Waals surface area (Å²) < 4.78 is 11.2. The van der Waals surface area contributed by atoms with E-state index in [1.807, 2.05) is 0 Å². The maximum atomic E-state index is 10.0. The lowest BCUT2D eigenvalue weighted by atomic mass is 9.92. The Morgan fingerprint density at radius 3 is 2.63 bits per heavy atom. The highest BCUT2D eigenvalue weighted by Gasteiger charge is 2.27. The first kappa shape index (κ1) is 15.2. The Balaban J connectivity index is 1.59. The van der Waals surface area contributed by atoms with Gasteiger partial charge in [0.2, 0.25) is 0 Å². The average Bonchev–Trinajstić information content (AvgIpc) is 2.45. The van der Waals surface area contributed by atoms with Gasteiger partial charge >= 0.3 is 0 Å². The number of nitrogens with one attached hydrogen (secondary N) is 1. The summed E-state index contributed by atoms with van der Waals surface area (Å²) in [5, 5.41) is 13.5. The highest BCUT2D eigenvalue weighted by molar-refractivity contribution is 4.86. The molecule has 0 amide bonds. The number of β-amino-alcohol motifs (C(OH)–C–C–N with tert-alkyl or cyclic N) is 1. The average molecular weight is 271 g/mol. The van der Waals surface area contributed by atoms with Crippen LogP contribution in [0.5, 0.6) is 0 Å². The van der Waals surface area contributed by atoms with Crippen LogP contribution in [0.1, 0.15) is 51.9 Å². The van der Waals surface area contributed by atoms with Crippen molar-refractivity contribution in [3.8, 4) is 0 Å². The SMILES string of the molecule is CC1(NCC(O)COC2CCCCC2)CCOCC1. The number of rotatable bonds is 6. The molecule has 0 aromatic heterocycles. The van der Waals surface area contributed by atoms with Gasteiger partial charge in [-0.3, -0.25) is 0 Å². The van der Waals surface area contributed by atoms with Gasteiger partial charge in [-0.2, -0.15) is 0 Å². The lowest BCUT2D eigenvalue weighted by molar-refractivity contribution is -0.0279. The Kier molecular flexibility index (Phi) is 6.07. The van der Waals surface area contributed by atoms with E-state index >= 15 is 0 Å². The van der Waals surface area contributed by atoms with Gasteiger partial charge in [-0.05, 0) is 32.6 Å². The van der Waals surface area contributed by atoms with E-state index in [9.17, 15) is 5.11 Å². The first-order chi connectivity index (χ1) is 9.18. The topological polar surface area (TPSA) is 50.7 Å². The molecule has 0 aromatic carbocycles. The third-order valence-electron chi connectivity index (χ3n) is 4.44. The number of aliphatic hydroxyl groups is 1. The summed E-state index contributed by atoms with van der Waals surface area (Å²) in [6.07, 6.45) is 8.22. The van der Waals surface area contributed by atoms with Crippen molar-refractivity contribution < 1.29 is 14.6 Å². The zero-order valence-electron chi connectivity index (χ0n) is 12.2. The number of hydrogen-bond acceptors (Lipinski definition) is 4. The van der Waals surface area contributed by atoms with Crippen LogP contribution in [-0.2, 0) is 9.47 Å². The fourth-order valence-electron chi connectivity index (χ4n) is 2.90. The Morgan fingerprint density at radius 1 is 1.26 bits per heavy atom. The van der Waals surface area contributed by atoms with Crippen LogP contribution in [-0.4, -0.2) is 49.2 Å². The monoisotopic (exact) mass is 271 g/mol. The zero-order valence-corrected chi connectivity index (χ0v) is 12.2. The molecule has 2 rings (SSSR count). The second-order valence-electron chi connectivity index (χ2n) is 6.30. The largest absolute Gasteiger partial charge is 0.389 e. The van der Waals surface area contributed by atoms with Crippen molar-refractivity contribution in [1.82, 2.24) is 5.32 Å². The van der Waals surface area contributed by atoms with Gasteiger partial charge in [-0.25, -0.2) is 0 Å². The van der Waals surface area contributed by atoms with Crippen molar-refractivity contribution in [1.29, 1.82) is 0 Å². The molecule has 0 bridgehead atoms. The van der Waals surface area contributed by atoms with Crippen LogP contribution < -0.4 is 5.32 Å². The fraction of sp³-hybridized carbons (Fsp3) is 1.00. The molecular formula is C15H29NO3. The summed E-state index contributed by atoms with van der Waals surface area (Å²) in [7, 11) is 0. The van der Waals surface area contributed by atoms with Gasteiger partial charge < -0.3 is 19.9 Å². The summed E-state index contributed by atoms with van der Waals surface area (Å²) in [4.78, 5) is 0. The van der Waals surface area contributed by atoms with Crippen molar-refractivity contribution in [2.75, 3.05) is 26.4 Å². The first-order valence-corrected chi connectivity index (χ1v) is 7.80. The number of hydrogen-bond donors (Lipinski definition) is 2. The predicted octanol–water partition coefficient (Wildman–Crippen LogP) is 1.86. The maximum Gasteiger partial charge on any atom is 0.0898 e. The van der Waals surface area contributed by atoms with E-state index in [-0.39, 0.29) is 5.54 Å². The van der Waals surface area contributed by atoms with E-state index in [2.05, 4.69) is 12.2 Å². The van der Waals surface area contributed by atoms with Crippen LogP contribution in [0.2, 0.25) is 0 Å². The van der Waals surface area contributed by atoms with E-state index < -0.39 is 6.10 Å². The van der Waals surface area contributed by atoms with Crippen LogP contribution in [0, 0.1) is 0 Å². The molecule has 0 aromatic rings. The van der Waals surface area contributed by atoms with Crippen LogP contribution in [0.15, 0.2) is 0 Å². The van der Waals surface area contributed by atoms with Crippen molar-refractivity contribution in [2.45, 2.75) is 69.6 Å². The summed E-state index contributed by atoms with van der Waals surface area (Å²) >= 11 is 0. The Bertz CT molecular complexity index is 248. The smallest absolute Gasteiger partial charge is 0.0898 e. The molecule has 0 spiro atoms. The molecule has 112 valence electrons. The van der Waals surface area contributed by atoms with Gasteiger partial charge in [0.25, 0.3) is 0 Å². The highest BCUT2D eigenvalue weighted by atomic mass is 16.5. The Labute approximate surface area is 116 Å². The van der Waals surface area contributed by atoms with E-state index in [4.69, 9.17) is 9.47 Å². The standard InChI is InChI=1S/C15H29NO3/c1-15(7-9-18-10-8-15)16-11-13(17)12-19-14-5-3-2-4-6-14/h13-14,16-17H,2-12H2,1H3. The molecule has 1 saturated heterocycles. The molecule has 1 aliphatic heterocycles. The normalized spacial score (nSPS) is 26.2. The van der Waals surface area contributed by atoms with Crippen LogP contribution in [0.4, 0.5) is 0 Å². The molecule has 2 N–H and O–H groups in total. The Hall–Kier alpha value is -0.160. The van der Waals surface area contributed by atoms with E-state index in [1.54, 1.807) is 0 Å². The van der Waals surface area contributed by atoms with E-state index in [0.29, 0.717) is 19.3 Å². The molecule has 0 radical (unpaired) electrons. The van der Waals surface area contributed by atoms with Crippen LogP contribution >= 0.6 is 0 Å².